The minimum atomic E-state index is -0.315. The van der Waals surface area contributed by atoms with E-state index in [0.717, 1.165) is 9.09 Å². The average Bonchev–Trinajstić information content (AvgIpc) is 2.76. The van der Waals surface area contributed by atoms with Crippen LogP contribution in [0.15, 0.2) is 42.7 Å². The quantitative estimate of drug-likeness (QED) is 0.557. The van der Waals surface area contributed by atoms with Gasteiger partial charge in [0.05, 0.1) is 0 Å². The zero-order chi connectivity index (χ0) is 13.4. The molecule has 0 aliphatic carbocycles. The van der Waals surface area contributed by atoms with Crippen molar-refractivity contribution < 1.29 is 9.18 Å². The molecular formula is C14H8FIN2O. The maximum Gasteiger partial charge on any atom is 0.211 e. The topological polar surface area (TPSA) is 45.8 Å². The second kappa shape index (κ2) is 4.73. The number of fused-ring (bicyclic) bond motifs is 1. The summed E-state index contributed by atoms with van der Waals surface area (Å²) >= 11 is 2.05. The number of hydrogen-bond acceptors (Lipinski definition) is 2. The zero-order valence-electron chi connectivity index (χ0n) is 9.65. The molecule has 0 saturated carbocycles. The molecule has 3 nitrogen and oxygen atoms in total. The second-order valence-electron chi connectivity index (χ2n) is 4.07. The minimum Gasteiger partial charge on any atom is -0.351 e. The summed E-state index contributed by atoms with van der Waals surface area (Å²) in [5.74, 6) is -0.459. The molecule has 2 aromatic heterocycles. The van der Waals surface area contributed by atoms with Crippen LogP contribution in [-0.2, 0) is 0 Å². The number of aromatic amines is 1. The van der Waals surface area contributed by atoms with Gasteiger partial charge in [0.15, 0.2) is 0 Å². The lowest BCUT2D eigenvalue weighted by molar-refractivity contribution is 0.103. The summed E-state index contributed by atoms with van der Waals surface area (Å²) in [6.45, 7) is 0. The number of halogens is 2. The van der Waals surface area contributed by atoms with Gasteiger partial charge >= 0.3 is 0 Å². The number of carbonyl (C=O) groups excluding carboxylic acids is 1. The van der Waals surface area contributed by atoms with Gasteiger partial charge in [0.1, 0.15) is 11.5 Å². The molecule has 0 spiro atoms. The van der Waals surface area contributed by atoms with Crippen LogP contribution < -0.4 is 0 Å². The molecule has 1 aromatic carbocycles. The van der Waals surface area contributed by atoms with Gasteiger partial charge in [0, 0.05) is 32.4 Å². The van der Waals surface area contributed by atoms with E-state index in [0.29, 0.717) is 16.6 Å². The highest BCUT2D eigenvalue weighted by Gasteiger charge is 2.17. The summed E-state index contributed by atoms with van der Waals surface area (Å²) in [7, 11) is 0. The third-order valence-corrected chi connectivity index (χ3v) is 3.97. The fourth-order valence-electron chi connectivity index (χ4n) is 1.93. The first-order valence-electron chi connectivity index (χ1n) is 5.58. The number of H-pyrrole nitrogens is 1. The Bertz CT molecular complexity index is 768. The van der Waals surface area contributed by atoms with Crippen molar-refractivity contribution in [3.8, 4) is 0 Å². The third kappa shape index (κ3) is 2.14. The number of nitrogens with one attached hydrogen (secondary N) is 1. The molecule has 0 atom stereocenters. The van der Waals surface area contributed by atoms with Crippen LogP contribution in [0, 0.1) is 9.39 Å². The van der Waals surface area contributed by atoms with Crippen LogP contribution in [0.25, 0.3) is 10.9 Å². The molecule has 3 aromatic rings. The van der Waals surface area contributed by atoms with Gasteiger partial charge in [0.2, 0.25) is 5.78 Å². The first-order chi connectivity index (χ1) is 9.16. The van der Waals surface area contributed by atoms with Gasteiger partial charge in [-0.15, -0.1) is 0 Å². The molecule has 5 heteroatoms. The molecule has 0 fully saturated rings. The van der Waals surface area contributed by atoms with Crippen molar-refractivity contribution in [2.24, 2.45) is 0 Å². The Hall–Kier alpha value is -1.76. The number of hydrogen-bond donors (Lipinski definition) is 1. The van der Waals surface area contributed by atoms with Crippen LogP contribution in [-0.4, -0.2) is 15.8 Å². The normalized spacial score (nSPS) is 10.8. The standard InChI is InChI=1S/C14H8FIN2O/c15-9-3-4-11-10(6-9)12(16)13(18-11)14(19)8-2-1-5-17-7-8/h1-7,18H. The Labute approximate surface area is 122 Å². The van der Waals surface area contributed by atoms with Crippen molar-refractivity contribution in [3.05, 3.63) is 63.4 Å². The lowest BCUT2D eigenvalue weighted by Crippen LogP contribution is -2.03. The van der Waals surface area contributed by atoms with Crippen molar-refractivity contribution in [2.45, 2.75) is 0 Å². The predicted octanol–water partition coefficient (Wildman–Crippen LogP) is 3.54. The molecule has 3 rings (SSSR count). The number of ketones is 1. The Balaban J connectivity index is 2.16. The van der Waals surface area contributed by atoms with E-state index in [1.54, 1.807) is 24.4 Å². The molecule has 0 aliphatic heterocycles. The van der Waals surface area contributed by atoms with Gasteiger partial charge in [-0.3, -0.25) is 9.78 Å². The van der Waals surface area contributed by atoms with E-state index in [2.05, 4.69) is 32.6 Å². The molecule has 0 amide bonds. The van der Waals surface area contributed by atoms with E-state index in [4.69, 9.17) is 0 Å². The van der Waals surface area contributed by atoms with Gasteiger partial charge in [-0.2, -0.15) is 0 Å². The molecular weight excluding hydrogens is 358 g/mol. The van der Waals surface area contributed by atoms with Crippen LogP contribution in [0.5, 0.6) is 0 Å². The highest BCUT2D eigenvalue weighted by atomic mass is 127. The van der Waals surface area contributed by atoms with Crippen LogP contribution in [0.2, 0.25) is 0 Å². The summed E-state index contributed by atoms with van der Waals surface area (Å²) in [6.07, 6.45) is 3.13. The molecule has 94 valence electrons. The zero-order valence-corrected chi connectivity index (χ0v) is 11.8. The largest absolute Gasteiger partial charge is 0.351 e. The number of nitrogens with zero attached hydrogens (tertiary/aromatic N) is 1. The van der Waals surface area contributed by atoms with E-state index in [1.807, 2.05) is 0 Å². The van der Waals surface area contributed by atoms with Crippen LogP contribution in [0.3, 0.4) is 0 Å². The minimum absolute atomic E-state index is 0.144. The molecule has 0 unspecified atom stereocenters. The monoisotopic (exact) mass is 366 g/mol. The van der Waals surface area contributed by atoms with Gasteiger partial charge in [-0.1, -0.05) is 0 Å². The molecule has 0 saturated heterocycles. The van der Waals surface area contributed by atoms with Crippen molar-refractivity contribution in [3.63, 3.8) is 0 Å². The van der Waals surface area contributed by atoms with Gasteiger partial charge in [0.25, 0.3) is 0 Å². The fourth-order valence-corrected chi connectivity index (χ4v) is 2.76. The number of carbonyl (C=O) groups is 1. The lowest BCUT2D eigenvalue weighted by atomic mass is 10.1. The van der Waals surface area contributed by atoms with Crippen LogP contribution in [0.4, 0.5) is 4.39 Å². The Kier molecular flexibility index (Phi) is 3.06. The Morgan fingerprint density at radius 1 is 1.32 bits per heavy atom. The summed E-state index contributed by atoms with van der Waals surface area (Å²) in [4.78, 5) is 19.3. The summed E-state index contributed by atoms with van der Waals surface area (Å²) in [5.41, 5.74) is 1.72. The maximum absolute atomic E-state index is 13.2. The lowest BCUT2D eigenvalue weighted by Gasteiger charge is -1.98. The molecule has 0 aliphatic rings. The predicted molar refractivity (Wildman–Crippen MR) is 78.6 cm³/mol. The highest BCUT2D eigenvalue weighted by Crippen LogP contribution is 2.26. The number of rotatable bonds is 2. The number of pyridine rings is 1. The SMILES string of the molecule is O=C(c1cccnc1)c1[nH]c2ccc(F)cc2c1I. The molecule has 0 radical (unpaired) electrons. The first-order valence-corrected chi connectivity index (χ1v) is 6.66. The second-order valence-corrected chi connectivity index (χ2v) is 5.15. The van der Waals surface area contributed by atoms with E-state index in [9.17, 15) is 9.18 Å². The molecule has 2 heterocycles. The van der Waals surface area contributed by atoms with Crippen molar-refractivity contribution in [1.82, 2.24) is 9.97 Å². The van der Waals surface area contributed by atoms with E-state index in [1.165, 1.54) is 18.3 Å². The fraction of sp³-hybridized carbons (Fsp3) is 0. The van der Waals surface area contributed by atoms with Gasteiger partial charge in [-0.05, 0) is 52.9 Å². The molecule has 0 bridgehead atoms. The van der Waals surface area contributed by atoms with Crippen molar-refractivity contribution >= 4 is 39.3 Å². The van der Waals surface area contributed by atoms with Crippen molar-refractivity contribution in [1.29, 1.82) is 0 Å². The third-order valence-electron chi connectivity index (χ3n) is 2.85. The van der Waals surface area contributed by atoms with E-state index >= 15 is 0 Å². The molecule has 1 N–H and O–H groups in total. The number of benzene rings is 1. The first kappa shape index (κ1) is 12.3. The van der Waals surface area contributed by atoms with E-state index in [-0.39, 0.29) is 11.6 Å². The Morgan fingerprint density at radius 3 is 2.89 bits per heavy atom. The van der Waals surface area contributed by atoms with Gasteiger partial charge < -0.3 is 4.98 Å². The van der Waals surface area contributed by atoms with Crippen molar-refractivity contribution in [2.75, 3.05) is 0 Å². The van der Waals surface area contributed by atoms with E-state index < -0.39 is 0 Å². The average molecular weight is 366 g/mol. The number of aromatic nitrogens is 2. The van der Waals surface area contributed by atoms with Crippen LogP contribution >= 0.6 is 22.6 Å². The smallest absolute Gasteiger partial charge is 0.211 e. The van der Waals surface area contributed by atoms with Gasteiger partial charge in [-0.25, -0.2) is 4.39 Å². The summed E-state index contributed by atoms with van der Waals surface area (Å²) in [6, 6.07) is 7.84. The maximum atomic E-state index is 13.2. The summed E-state index contributed by atoms with van der Waals surface area (Å²) in [5, 5.41) is 0.716. The molecule has 19 heavy (non-hydrogen) atoms. The van der Waals surface area contributed by atoms with Crippen LogP contribution in [0.1, 0.15) is 16.1 Å². The Morgan fingerprint density at radius 2 is 2.16 bits per heavy atom. The highest BCUT2D eigenvalue weighted by molar-refractivity contribution is 14.1. The summed E-state index contributed by atoms with van der Waals surface area (Å²) < 4.78 is 14.0.